The van der Waals surface area contributed by atoms with Crippen LogP contribution >= 0.6 is 52.1 Å². The molecule has 1 aromatic carbocycles. The molecule has 22 heavy (non-hydrogen) atoms. The summed E-state index contributed by atoms with van der Waals surface area (Å²) < 4.78 is 1.05. The number of piperazine rings is 1. The zero-order valence-corrected chi connectivity index (χ0v) is 15.9. The Morgan fingerprint density at radius 1 is 1.18 bits per heavy atom. The molecule has 3 nitrogen and oxygen atoms in total. The van der Waals surface area contributed by atoms with Gasteiger partial charge in [-0.3, -0.25) is 4.90 Å². The molecule has 2 heterocycles. The van der Waals surface area contributed by atoms with Gasteiger partial charge in [0.25, 0.3) is 0 Å². The Balaban J connectivity index is 0.00000121. The normalized spacial score (nSPS) is 16.4. The second kappa shape index (κ2) is 9.11. The van der Waals surface area contributed by atoms with Crippen molar-refractivity contribution >= 4 is 52.1 Å². The van der Waals surface area contributed by atoms with Crippen LogP contribution in [0.3, 0.4) is 0 Å². The minimum Gasteiger partial charge on any atom is -0.508 e. The van der Waals surface area contributed by atoms with E-state index in [1.807, 2.05) is 12.1 Å². The van der Waals surface area contributed by atoms with Crippen LogP contribution in [0.15, 0.2) is 40.2 Å². The predicted octanol–water partition coefficient (Wildman–Crippen LogP) is 4.05. The largest absolute Gasteiger partial charge is 0.508 e. The lowest BCUT2D eigenvalue weighted by molar-refractivity contribution is 0.200. The van der Waals surface area contributed by atoms with Crippen molar-refractivity contribution in [2.24, 2.45) is 0 Å². The van der Waals surface area contributed by atoms with Gasteiger partial charge in [-0.25, -0.2) is 0 Å². The van der Waals surface area contributed by atoms with Crippen molar-refractivity contribution in [3.8, 4) is 5.75 Å². The van der Waals surface area contributed by atoms with Crippen LogP contribution < -0.4 is 5.32 Å². The number of rotatable bonds is 3. The molecule has 0 radical (unpaired) electrons. The molecule has 2 N–H and O–H groups in total. The van der Waals surface area contributed by atoms with Gasteiger partial charge in [-0.1, -0.05) is 22.0 Å². The highest BCUT2D eigenvalue weighted by Crippen LogP contribution is 2.37. The first-order valence-corrected chi connectivity index (χ1v) is 8.39. The van der Waals surface area contributed by atoms with Crippen LogP contribution in [0.5, 0.6) is 5.75 Å². The van der Waals surface area contributed by atoms with Crippen molar-refractivity contribution in [1.29, 1.82) is 0 Å². The maximum absolute atomic E-state index is 9.83. The molecule has 2 aromatic rings. The van der Waals surface area contributed by atoms with Gasteiger partial charge in [0.1, 0.15) is 5.75 Å². The van der Waals surface area contributed by atoms with Gasteiger partial charge in [-0.15, -0.1) is 36.2 Å². The summed E-state index contributed by atoms with van der Waals surface area (Å²) in [5.74, 6) is 0.319. The number of halogens is 3. The van der Waals surface area contributed by atoms with Crippen molar-refractivity contribution in [1.82, 2.24) is 10.2 Å². The number of phenolic OH excluding ortho intramolecular Hbond substituents is 1. The standard InChI is InChI=1S/C15H17BrN2OS.2ClH/c16-13-4-3-11(19)10-12(13)15(14-2-1-9-20-14)18-7-5-17-6-8-18;;/h1-4,9-10,15,17,19H,5-8H2;2*1H/t15-;;/m0../s1. The second-order valence-corrected chi connectivity index (χ2v) is 6.74. The zero-order valence-electron chi connectivity index (χ0n) is 11.9. The molecule has 0 saturated carbocycles. The van der Waals surface area contributed by atoms with E-state index in [2.05, 4.69) is 43.7 Å². The molecule has 7 heteroatoms. The van der Waals surface area contributed by atoms with Gasteiger partial charge in [0, 0.05) is 35.5 Å². The number of thiophene rings is 1. The van der Waals surface area contributed by atoms with E-state index in [0.29, 0.717) is 5.75 Å². The van der Waals surface area contributed by atoms with Gasteiger partial charge in [-0.2, -0.15) is 0 Å². The number of aromatic hydroxyl groups is 1. The Labute approximate surface area is 155 Å². The highest BCUT2D eigenvalue weighted by atomic mass is 79.9. The molecule has 0 amide bonds. The molecule has 0 bridgehead atoms. The van der Waals surface area contributed by atoms with Crippen LogP contribution in [0.4, 0.5) is 0 Å². The molecule has 1 aliphatic rings. The van der Waals surface area contributed by atoms with E-state index in [9.17, 15) is 5.11 Å². The monoisotopic (exact) mass is 424 g/mol. The lowest BCUT2D eigenvalue weighted by Gasteiger charge is -2.35. The van der Waals surface area contributed by atoms with Gasteiger partial charge in [0.05, 0.1) is 6.04 Å². The number of benzene rings is 1. The zero-order chi connectivity index (χ0) is 13.9. The molecule has 3 rings (SSSR count). The van der Waals surface area contributed by atoms with Crippen molar-refractivity contribution in [2.45, 2.75) is 6.04 Å². The first kappa shape index (κ1) is 19.7. The molecule has 0 spiro atoms. The third kappa shape index (κ3) is 4.37. The third-order valence-electron chi connectivity index (χ3n) is 3.60. The first-order valence-electron chi connectivity index (χ1n) is 6.72. The average Bonchev–Trinajstić information content (AvgIpc) is 2.98. The summed E-state index contributed by atoms with van der Waals surface area (Å²) in [6.45, 7) is 4.06. The molecule has 1 saturated heterocycles. The van der Waals surface area contributed by atoms with E-state index in [1.165, 1.54) is 4.88 Å². The van der Waals surface area contributed by atoms with Crippen molar-refractivity contribution in [3.63, 3.8) is 0 Å². The molecule has 1 atom stereocenters. The van der Waals surface area contributed by atoms with E-state index in [-0.39, 0.29) is 30.9 Å². The fraction of sp³-hybridized carbons (Fsp3) is 0.333. The average molecular weight is 426 g/mol. The van der Waals surface area contributed by atoms with Gasteiger partial charge < -0.3 is 10.4 Å². The molecular weight excluding hydrogens is 407 g/mol. The lowest BCUT2D eigenvalue weighted by atomic mass is 10.0. The number of nitrogens with zero attached hydrogens (tertiary/aromatic N) is 1. The third-order valence-corrected chi connectivity index (χ3v) is 5.25. The summed E-state index contributed by atoms with van der Waals surface area (Å²) >= 11 is 5.40. The number of hydrogen-bond donors (Lipinski definition) is 2. The molecule has 1 aliphatic heterocycles. The van der Waals surface area contributed by atoms with Crippen LogP contribution in [-0.4, -0.2) is 36.2 Å². The van der Waals surface area contributed by atoms with E-state index in [1.54, 1.807) is 17.4 Å². The predicted molar refractivity (Wildman–Crippen MR) is 101 cm³/mol. The van der Waals surface area contributed by atoms with Gasteiger partial charge >= 0.3 is 0 Å². The van der Waals surface area contributed by atoms with Crippen LogP contribution in [0.25, 0.3) is 0 Å². The molecular formula is C15H19BrCl2N2OS. The fourth-order valence-corrected chi connectivity index (χ4v) is 4.00. The van der Waals surface area contributed by atoms with Crippen molar-refractivity contribution in [2.75, 3.05) is 26.2 Å². The van der Waals surface area contributed by atoms with Gasteiger partial charge in [0.2, 0.25) is 0 Å². The Kier molecular flexibility index (Phi) is 8.17. The Bertz CT molecular complexity index is 577. The Hall–Kier alpha value is -0.300. The lowest BCUT2D eigenvalue weighted by Crippen LogP contribution is -2.45. The highest BCUT2D eigenvalue weighted by molar-refractivity contribution is 9.10. The summed E-state index contributed by atoms with van der Waals surface area (Å²) in [4.78, 5) is 3.79. The molecule has 0 aliphatic carbocycles. The fourth-order valence-electron chi connectivity index (χ4n) is 2.66. The quantitative estimate of drug-likeness (QED) is 0.778. The summed E-state index contributed by atoms with van der Waals surface area (Å²) in [6, 6.07) is 9.99. The van der Waals surface area contributed by atoms with E-state index >= 15 is 0 Å². The van der Waals surface area contributed by atoms with Crippen molar-refractivity contribution in [3.05, 3.63) is 50.6 Å². The SMILES string of the molecule is Cl.Cl.Oc1ccc(Br)c([C@@H](c2cccs2)N2CCNCC2)c1. The Morgan fingerprint density at radius 2 is 1.91 bits per heavy atom. The number of phenols is 1. The topological polar surface area (TPSA) is 35.5 Å². The molecule has 0 unspecified atom stereocenters. The van der Waals surface area contributed by atoms with Crippen molar-refractivity contribution < 1.29 is 5.11 Å². The summed E-state index contributed by atoms with van der Waals surface area (Å²) in [5, 5.41) is 15.3. The molecule has 122 valence electrons. The van der Waals surface area contributed by atoms with E-state index < -0.39 is 0 Å². The Morgan fingerprint density at radius 3 is 2.55 bits per heavy atom. The number of hydrogen-bond acceptors (Lipinski definition) is 4. The highest BCUT2D eigenvalue weighted by Gasteiger charge is 2.26. The summed E-state index contributed by atoms with van der Waals surface area (Å²) in [6.07, 6.45) is 0. The molecule has 1 aromatic heterocycles. The van der Waals surface area contributed by atoms with Gasteiger partial charge in [0.15, 0.2) is 0 Å². The second-order valence-electron chi connectivity index (χ2n) is 4.91. The summed E-state index contributed by atoms with van der Waals surface area (Å²) in [7, 11) is 0. The maximum Gasteiger partial charge on any atom is 0.116 e. The van der Waals surface area contributed by atoms with E-state index in [0.717, 1.165) is 36.2 Å². The molecule has 1 fully saturated rings. The van der Waals surface area contributed by atoms with Crippen LogP contribution in [0, 0.1) is 0 Å². The van der Waals surface area contributed by atoms with Crippen LogP contribution in [-0.2, 0) is 0 Å². The smallest absolute Gasteiger partial charge is 0.116 e. The van der Waals surface area contributed by atoms with Gasteiger partial charge in [-0.05, 0) is 35.2 Å². The minimum atomic E-state index is 0. The minimum absolute atomic E-state index is 0. The summed E-state index contributed by atoms with van der Waals surface area (Å²) in [5.41, 5.74) is 1.13. The van der Waals surface area contributed by atoms with Crippen LogP contribution in [0.1, 0.15) is 16.5 Å². The van der Waals surface area contributed by atoms with E-state index in [4.69, 9.17) is 0 Å². The first-order chi connectivity index (χ1) is 9.75. The maximum atomic E-state index is 9.83. The van der Waals surface area contributed by atoms with Crippen LogP contribution in [0.2, 0.25) is 0 Å². The number of nitrogens with one attached hydrogen (secondary N) is 1.